The van der Waals surface area contributed by atoms with E-state index in [2.05, 4.69) is 60.2 Å². The fourth-order valence-electron chi connectivity index (χ4n) is 7.72. The van der Waals surface area contributed by atoms with Crippen molar-refractivity contribution < 1.29 is 72.2 Å². The van der Waals surface area contributed by atoms with Gasteiger partial charge in [-0.25, -0.2) is 30.0 Å². The third-order valence-electron chi connectivity index (χ3n) is 11.9. The van der Waals surface area contributed by atoms with E-state index in [1.807, 2.05) is 67.6 Å². The number of phenolic OH excluding ortho intramolecular Hbond substituents is 1. The van der Waals surface area contributed by atoms with Gasteiger partial charge in [0.05, 0.1) is 58.2 Å². The first-order valence-electron chi connectivity index (χ1n) is 27.7. The number of aromatic amines is 3. The van der Waals surface area contributed by atoms with Gasteiger partial charge in [-0.3, -0.25) is 38.1 Å². The SMILES string of the molecule is CC(C)C(=O)Nc1cc(OC(=O)N(C)C)cc(NC(=O)c2cc(NS(C)(=O)=O)cc(NS(C)(=O)=O)c2)c1O.CCNC(=O)C(Oc1cccc(NS(=O)Oc2ccc(C)cc2)c1)C(=O)c1ccc(NS(C)(=O)=O)cc1.S=c1[nH]c2ccccc2[nH]1.c1ccc2n[nH]nc2c1. The Labute approximate surface area is 548 Å². The molecule has 0 bridgehead atoms. The van der Waals surface area contributed by atoms with Crippen molar-refractivity contribution in [2.24, 2.45) is 5.92 Å². The van der Waals surface area contributed by atoms with Crippen molar-refractivity contribution in [3.63, 3.8) is 0 Å². The van der Waals surface area contributed by atoms with E-state index < -0.39 is 88.7 Å². The number of imidazole rings is 1. The van der Waals surface area contributed by atoms with Crippen LogP contribution in [-0.4, -0.2) is 140 Å². The predicted octanol–water partition coefficient (Wildman–Crippen LogP) is 8.43. The first kappa shape index (κ1) is 72.6. The highest BCUT2D eigenvalue weighted by Gasteiger charge is 2.30. The predicted molar refractivity (Wildman–Crippen MR) is 362 cm³/mol. The maximum absolute atomic E-state index is 13.1. The molecule has 0 saturated heterocycles. The number of Topliss-reactive ketones (excluding diaryl/α,β-unsaturated/α-hetero) is 1. The molecule has 2 aromatic heterocycles. The van der Waals surface area contributed by atoms with Crippen molar-refractivity contribution in [3.8, 4) is 23.0 Å². The summed E-state index contributed by atoms with van der Waals surface area (Å²) in [5, 5.41) is 28.5. The minimum atomic E-state index is -3.79. The standard InChI is InChI=1S/C25H27N3O7S2.C22H29N5O9S2.C7H6N2S.C6H5N3/c1-4-26-25(30)24(23(29)18-10-12-19(13-11-18)28-37(3,32)33)34-22-7-5-6-20(16-22)27-36(31)35-21-14-8-17(2)9-15-21;1-12(2)20(29)23-17-10-16(36-22(31)27(3)4)11-18(19(17)28)24-21(30)13-7-14(25-37(5,32)33)9-15(8-13)26-38(6,34)35;10-7-8-5-3-1-2-4-6(5)9-7;1-2-4-6-5(3-1)7-9-8-6/h5-16,24,27-28H,4H2,1-3H3,(H,26,30);7-12,25-26,28H,1-6H3,(H,23,29)(H,24,30);1-4H,(H2,8,9,10);1-4H,(H,7,8,9). The molecule has 0 aliphatic rings. The van der Waals surface area contributed by atoms with Gasteiger partial charge in [0.25, 0.3) is 11.8 Å². The van der Waals surface area contributed by atoms with Crippen LogP contribution in [0.5, 0.6) is 23.0 Å². The molecule has 0 aliphatic carbocycles. The van der Waals surface area contributed by atoms with Crippen molar-refractivity contribution >= 4 is 139 Å². The highest BCUT2D eigenvalue weighted by Crippen LogP contribution is 2.38. The van der Waals surface area contributed by atoms with Crippen LogP contribution in [-0.2, 0) is 50.9 Å². The first-order valence-corrected chi connectivity index (χ1v) is 34.9. The van der Waals surface area contributed by atoms with Crippen LogP contribution >= 0.6 is 12.2 Å². The first-order chi connectivity index (χ1) is 44.2. The van der Waals surface area contributed by atoms with Gasteiger partial charge in [-0.1, -0.05) is 61.9 Å². The number of fused-ring (bicyclic) bond motifs is 2. The van der Waals surface area contributed by atoms with Crippen molar-refractivity contribution in [1.29, 1.82) is 0 Å². The zero-order valence-electron chi connectivity index (χ0n) is 51.7. The largest absolute Gasteiger partial charge is 0.504 e. The highest BCUT2D eigenvalue weighted by atomic mass is 32.2. The molecular formula is C60H67N13O16S5. The highest BCUT2D eigenvalue weighted by molar-refractivity contribution is 7.92. The van der Waals surface area contributed by atoms with Crippen LogP contribution in [0, 0.1) is 17.6 Å². The Hall–Kier alpha value is -10.4. The number of nitrogens with one attached hydrogen (secondary N) is 10. The van der Waals surface area contributed by atoms with Gasteiger partial charge in [0.2, 0.25) is 47.9 Å². The van der Waals surface area contributed by atoms with Crippen LogP contribution in [0.3, 0.4) is 0 Å². The molecule has 2 heterocycles. The maximum Gasteiger partial charge on any atom is 0.414 e. The van der Waals surface area contributed by atoms with Crippen molar-refractivity contribution in [2.75, 3.05) is 68.9 Å². The van der Waals surface area contributed by atoms with Crippen molar-refractivity contribution in [3.05, 3.63) is 173 Å². The summed E-state index contributed by atoms with van der Waals surface area (Å²) >= 11 is 2.99. The summed E-state index contributed by atoms with van der Waals surface area (Å²) in [6.07, 6.45) is 0.464. The van der Waals surface area contributed by atoms with Gasteiger partial charge in [-0.15, -0.1) is 0 Å². The number of anilines is 6. The van der Waals surface area contributed by atoms with E-state index in [0.29, 0.717) is 16.2 Å². The van der Waals surface area contributed by atoms with Crippen molar-refractivity contribution in [1.82, 2.24) is 35.6 Å². The minimum absolute atomic E-state index is 0.117. The van der Waals surface area contributed by atoms with E-state index in [-0.39, 0.29) is 57.6 Å². The number of nitrogens with zero attached hydrogens (tertiary/aromatic N) is 3. The second-order valence-corrected chi connectivity index (χ2v) is 27.2. The second-order valence-electron chi connectivity index (χ2n) is 20.7. The van der Waals surface area contributed by atoms with E-state index in [1.54, 1.807) is 51.1 Å². The molecule has 34 heteroatoms. The third kappa shape index (κ3) is 23.7. The second kappa shape index (κ2) is 32.7. The number of likely N-dealkylation sites (N-methyl/N-ethyl adjacent to an activating group) is 1. The van der Waals surface area contributed by atoms with Crippen molar-refractivity contribution in [2.45, 2.75) is 33.8 Å². The van der Waals surface area contributed by atoms with Gasteiger partial charge in [0.15, 0.2) is 10.5 Å². The molecule has 498 valence electrons. The van der Waals surface area contributed by atoms with E-state index >= 15 is 0 Å². The molecule has 9 rings (SSSR count). The minimum Gasteiger partial charge on any atom is -0.504 e. The molecule has 0 radical (unpaired) electrons. The molecule has 94 heavy (non-hydrogen) atoms. The summed E-state index contributed by atoms with van der Waals surface area (Å²) in [5.74, 6) is -3.18. The fraction of sp³-hybridized carbons (Fsp3) is 0.200. The maximum atomic E-state index is 13.1. The Bertz CT molecular complexity index is 4500. The van der Waals surface area contributed by atoms with E-state index in [4.69, 9.17) is 25.9 Å². The van der Waals surface area contributed by atoms with E-state index in [1.165, 1.54) is 50.5 Å². The van der Waals surface area contributed by atoms with Crippen LogP contribution in [0.15, 0.2) is 152 Å². The summed E-state index contributed by atoms with van der Waals surface area (Å²) in [4.78, 5) is 70.4. The van der Waals surface area contributed by atoms with Gasteiger partial charge >= 0.3 is 17.4 Å². The zero-order chi connectivity index (χ0) is 69.1. The van der Waals surface area contributed by atoms with Gasteiger partial charge in [-0.2, -0.15) is 19.6 Å². The van der Waals surface area contributed by atoms with Crippen LogP contribution in [0.4, 0.5) is 38.9 Å². The number of aromatic hydroxyl groups is 1. The lowest BCUT2D eigenvalue weighted by Gasteiger charge is -2.18. The van der Waals surface area contributed by atoms with Crippen LogP contribution in [0.2, 0.25) is 0 Å². The number of aryl methyl sites for hydroxylation is 1. The Morgan fingerprint density at radius 2 is 1.15 bits per heavy atom. The summed E-state index contributed by atoms with van der Waals surface area (Å²) in [6, 6.07) is 40.3. The lowest BCUT2D eigenvalue weighted by molar-refractivity contribution is -0.126. The molecule has 29 nitrogen and oxygen atoms in total. The number of benzene rings is 7. The molecule has 2 unspecified atom stereocenters. The summed E-state index contributed by atoms with van der Waals surface area (Å²) in [5.41, 5.74) is 4.93. The Morgan fingerprint density at radius 3 is 1.67 bits per heavy atom. The summed E-state index contributed by atoms with van der Waals surface area (Å²) in [7, 11) is -8.18. The summed E-state index contributed by atoms with van der Waals surface area (Å²) in [6.45, 7) is 7.14. The number of ether oxygens (including phenoxy) is 2. The Kier molecular flexibility index (Phi) is 25.3. The van der Waals surface area contributed by atoms with Gasteiger partial charge in [-0.05, 0) is 117 Å². The smallest absolute Gasteiger partial charge is 0.414 e. The van der Waals surface area contributed by atoms with Crippen LogP contribution in [0.1, 0.15) is 47.1 Å². The molecule has 2 atom stereocenters. The number of H-pyrrole nitrogens is 3. The molecule has 9 aromatic rings. The van der Waals surface area contributed by atoms with Gasteiger partial charge in [0, 0.05) is 61.6 Å². The molecule has 7 aromatic carbocycles. The summed E-state index contributed by atoms with van der Waals surface area (Å²) < 4.78 is 108. The molecular weight excluding hydrogens is 1320 g/mol. The Balaban J connectivity index is 0.000000230. The van der Waals surface area contributed by atoms with Gasteiger partial charge < -0.3 is 49.6 Å². The number of carbonyl (C=O) groups is 5. The average molecular weight is 1390 g/mol. The molecule has 0 saturated carbocycles. The number of rotatable bonds is 21. The number of sulfonamides is 3. The quantitative estimate of drug-likeness (QED) is 0.0139. The molecule has 4 amide bonds. The molecule has 11 N–H and O–H groups in total. The van der Waals surface area contributed by atoms with E-state index in [9.17, 15) is 58.5 Å². The van der Waals surface area contributed by atoms with E-state index in [0.717, 1.165) is 75.6 Å². The lowest BCUT2D eigenvalue weighted by atomic mass is 10.0. The number of amides is 4. The van der Waals surface area contributed by atoms with Crippen LogP contribution in [0.25, 0.3) is 22.1 Å². The lowest BCUT2D eigenvalue weighted by Crippen LogP contribution is -2.43. The van der Waals surface area contributed by atoms with Gasteiger partial charge in [0.1, 0.15) is 28.3 Å². The fourth-order valence-corrected chi connectivity index (χ4v) is 10.2. The monoisotopic (exact) mass is 1390 g/mol. The Morgan fingerprint density at radius 1 is 0.617 bits per heavy atom. The number of aromatic nitrogens is 5. The number of hydrogen-bond donors (Lipinski definition) is 11. The average Bonchev–Trinajstić information content (AvgIpc) is 1.15. The molecule has 0 spiro atoms. The number of ketones is 1. The number of phenols is 1. The zero-order valence-corrected chi connectivity index (χ0v) is 55.8. The number of para-hydroxylation sites is 4. The topological polar surface area (TPSA) is 413 Å². The van der Waals surface area contributed by atoms with Crippen LogP contribution < -0.4 is 48.5 Å². The number of carbonyl (C=O) groups excluding carboxylic acids is 5. The third-order valence-corrected chi connectivity index (χ3v) is 14.7. The normalized spacial score (nSPS) is 11.7. The number of hydrogen-bond acceptors (Lipinski definition) is 19. The molecule has 0 fully saturated rings. The molecule has 0 aliphatic heterocycles.